The van der Waals surface area contributed by atoms with Gasteiger partial charge in [-0.2, -0.15) is 0 Å². The maximum Gasteiger partial charge on any atom is 0.331 e. The van der Waals surface area contributed by atoms with E-state index in [4.69, 9.17) is 5.14 Å². The van der Waals surface area contributed by atoms with Gasteiger partial charge in [-0.25, -0.2) is 23.3 Å². The number of nitrogens with zero attached hydrogens (tertiary/aromatic N) is 2. The number of nitrogens with two attached hydrogens (primary N) is 1. The number of benzene rings is 1. The molecular formula is C14H19N3O4S. The van der Waals surface area contributed by atoms with Crippen LogP contribution in [0.15, 0.2) is 29.2 Å². The largest absolute Gasteiger partial charge is 0.331 e. The Labute approximate surface area is 129 Å². The van der Waals surface area contributed by atoms with Gasteiger partial charge in [0, 0.05) is 7.05 Å². The number of hydrogen-bond donors (Lipinski definition) is 1. The minimum Gasteiger partial charge on any atom is -0.315 e. The Balaban J connectivity index is 2.32. The lowest BCUT2D eigenvalue weighted by atomic mass is 10.0. The number of likely N-dealkylation sites (N-methyl/N-ethyl adjacent to an activating group) is 1. The van der Waals surface area contributed by atoms with Crippen LogP contribution in [0.25, 0.3) is 0 Å². The highest BCUT2D eigenvalue weighted by atomic mass is 32.2. The molecular weight excluding hydrogens is 306 g/mol. The molecule has 1 fully saturated rings. The third kappa shape index (κ3) is 2.97. The lowest BCUT2D eigenvalue weighted by Crippen LogP contribution is -2.32. The van der Waals surface area contributed by atoms with Crippen molar-refractivity contribution in [3.05, 3.63) is 24.3 Å². The maximum atomic E-state index is 12.5. The van der Waals surface area contributed by atoms with Crippen molar-refractivity contribution in [2.75, 3.05) is 11.9 Å². The van der Waals surface area contributed by atoms with Gasteiger partial charge in [-0.05, 0) is 36.6 Å². The van der Waals surface area contributed by atoms with Crippen LogP contribution < -0.4 is 10.0 Å². The van der Waals surface area contributed by atoms with Gasteiger partial charge in [0.1, 0.15) is 6.04 Å². The molecule has 0 spiro atoms. The van der Waals surface area contributed by atoms with Crippen LogP contribution in [0.3, 0.4) is 0 Å². The van der Waals surface area contributed by atoms with Crippen molar-refractivity contribution in [2.45, 2.75) is 31.2 Å². The fourth-order valence-electron chi connectivity index (χ4n) is 2.43. The van der Waals surface area contributed by atoms with Gasteiger partial charge in [-0.15, -0.1) is 0 Å². The van der Waals surface area contributed by atoms with E-state index in [1.165, 1.54) is 29.2 Å². The van der Waals surface area contributed by atoms with E-state index in [1.807, 2.05) is 13.8 Å². The molecule has 0 aromatic heterocycles. The van der Waals surface area contributed by atoms with Crippen molar-refractivity contribution in [3.63, 3.8) is 0 Å². The van der Waals surface area contributed by atoms with Gasteiger partial charge in [-0.1, -0.05) is 13.8 Å². The highest BCUT2D eigenvalue weighted by Gasteiger charge is 2.43. The predicted molar refractivity (Wildman–Crippen MR) is 81.7 cm³/mol. The van der Waals surface area contributed by atoms with E-state index in [9.17, 15) is 18.0 Å². The van der Waals surface area contributed by atoms with Crippen molar-refractivity contribution in [1.82, 2.24) is 4.90 Å². The van der Waals surface area contributed by atoms with Crippen LogP contribution >= 0.6 is 0 Å². The molecule has 1 heterocycles. The molecule has 0 bridgehead atoms. The van der Waals surface area contributed by atoms with Gasteiger partial charge in [0.2, 0.25) is 10.0 Å². The Hall–Kier alpha value is -1.93. The lowest BCUT2D eigenvalue weighted by molar-refractivity contribution is -0.119. The van der Waals surface area contributed by atoms with Crippen LogP contribution in [-0.2, 0) is 14.8 Å². The first kappa shape index (κ1) is 16.4. The van der Waals surface area contributed by atoms with E-state index in [-0.39, 0.29) is 16.7 Å². The molecule has 1 unspecified atom stereocenters. The molecule has 1 aromatic rings. The number of primary sulfonamides is 1. The molecule has 7 nitrogen and oxygen atoms in total. The second kappa shape index (κ2) is 5.69. The normalized spacial score (nSPS) is 19.4. The second-order valence-corrected chi connectivity index (χ2v) is 7.31. The van der Waals surface area contributed by atoms with Crippen molar-refractivity contribution >= 4 is 27.6 Å². The smallest absolute Gasteiger partial charge is 0.315 e. The Morgan fingerprint density at radius 3 is 2.18 bits per heavy atom. The molecule has 2 N–H and O–H groups in total. The number of carbonyl (C=O) groups is 2. The van der Waals surface area contributed by atoms with Crippen molar-refractivity contribution in [2.24, 2.45) is 11.1 Å². The van der Waals surface area contributed by atoms with E-state index in [2.05, 4.69) is 0 Å². The molecule has 1 aliphatic rings. The highest BCUT2D eigenvalue weighted by molar-refractivity contribution is 7.89. The fourth-order valence-corrected chi connectivity index (χ4v) is 2.94. The second-order valence-electron chi connectivity index (χ2n) is 5.75. The number of rotatable bonds is 4. The minimum absolute atomic E-state index is 0.0672. The molecule has 1 aliphatic heterocycles. The Morgan fingerprint density at radius 1 is 1.18 bits per heavy atom. The molecule has 22 heavy (non-hydrogen) atoms. The standard InChI is InChI=1S/C14H19N3O4S/c1-9(2)8-12-13(18)17(14(19)16(12)3)10-4-6-11(7-5-10)22(15,20)21/h4-7,9,12H,8H2,1-3H3,(H2,15,20,21). The zero-order chi connectivity index (χ0) is 16.7. The number of amides is 3. The van der Waals surface area contributed by atoms with Crippen molar-refractivity contribution in [1.29, 1.82) is 0 Å². The first-order valence-electron chi connectivity index (χ1n) is 6.86. The van der Waals surface area contributed by atoms with Crippen LogP contribution in [0.1, 0.15) is 20.3 Å². The first-order chi connectivity index (χ1) is 10.1. The Kier molecular flexibility index (Phi) is 4.25. The van der Waals surface area contributed by atoms with Crippen molar-refractivity contribution in [3.8, 4) is 0 Å². The average molecular weight is 325 g/mol. The molecule has 1 atom stereocenters. The first-order valence-corrected chi connectivity index (χ1v) is 8.41. The molecule has 0 radical (unpaired) electrons. The van der Waals surface area contributed by atoms with Gasteiger partial charge in [-0.3, -0.25) is 4.79 Å². The van der Waals surface area contributed by atoms with Gasteiger partial charge in [0.25, 0.3) is 5.91 Å². The summed E-state index contributed by atoms with van der Waals surface area (Å²) in [7, 11) is -2.22. The topological polar surface area (TPSA) is 101 Å². The van der Waals surface area contributed by atoms with Gasteiger partial charge < -0.3 is 4.90 Å². The third-order valence-corrected chi connectivity index (χ3v) is 4.51. The summed E-state index contributed by atoms with van der Waals surface area (Å²) < 4.78 is 22.5. The van der Waals surface area contributed by atoms with Crippen LogP contribution in [0.2, 0.25) is 0 Å². The number of imide groups is 1. The summed E-state index contributed by atoms with van der Waals surface area (Å²) in [5.41, 5.74) is 0.334. The third-order valence-electron chi connectivity index (χ3n) is 3.58. The summed E-state index contributed by atoms with van der Waals surface area (Å²) in [6.45, 7) is 3.96. The number of urea groups is 1. The zero-order valence-electron chi connectivity index (χ0n) is 12.7. The van der Waals surface area contributed by atoms with Crippen LogP contribution in [-0.4, -0.2) is 38.3 Å². The summed E-state index contributed by atoms with van der Waals surface area (Å²) in [5, 5.41) is 5.03. The SMILES string of the molecule is CC(C)CC1C(=O)N(c2ccc(S(N)(=O)=O)cc2)C(=O)N1C. The summed E-state index contributed by atoms with van der Waals surface area (Å²) in [5.74, 6) is -0.0292. The summed E-state index contributed by atoms with van der Waals surface area (Å²) >= 11 is 0. The molecule has 0 saturated carbocycles. The number of carbonyl (C=O) groups excluding carboxylic acids is 2. The van der Waals surface area contributed by atoms with E-state index >= 15 is 0 Å². The molecule has 2 rings (SSSR count). The van der Waals surface area contributed by atoms with E-state index in [1.54, 1.807) is 7.05 Å². The summed E-state index contributed by atoms with van der Waals surface area (Å²) in [4.78, 5) is 27.2. The fraction of sp³-hybridized carbons (Fsp3) is 0.429. The van der Waals surface area contributed by atoms with E-state index in [0.717, 1.165) is 4.90 Å². The zero-order valence-corrected chi connectivity index (χ0v) is 13.5. The maximum absolute atomic E-state index is 12.5. The summed E-state index contributed by atoms with van der Waals surface area (Å²) in [6, 6.07) is 4.45. The van der Waals surface area contributed by atoms with Gasteiger partial charge in [0.15, 0.2) is 0 Å². The predicted octanol–water partition coefficient (Wildman–Crippen LogP) is 1.15. The molecule has 120 valence electrons. The van der Waals surface area contributed by atoms with Crippen molar-refractivity contribution < 1.29 is 18.0 Å². The Morgan fingerprint density at radius 2 is 1.73 bits per heavy atom. The molecule has 1 aromatic carbocycles. The molecule has 3 amide bonds. The molecule has 1 saturated heterocycles. The van der Waals surface area contributed by atoms with Gasteiger partial charge in [0.05, 0.1) is 10.6 Å². The monoisotopic (exact) mass is 325 g/mol. The molecule has 0 aliphatic carbocycles. The van der Waals surface area contributed by atoms with Gasteiger partial charge >= 0.3 is 6.03 Å². The lowest BCUT2D eigenvalue weighted by Gasteiger charge is -2.17. The average Bonchev–Trinajstić information content (AvgIpc) is 2.62. The highest BCUT2D eigenvalue weighted by Crippen LogP contribution is 2.27. The number of anilines is 1. The number of sulfonamides is 1. The Bertz CT molecular complexity index is 697. The minimum atomic E-state index is -3.81. The number of hydrogen-bond acceptors (Lipinski definition) is 4. The molecule has 8 heteroatoms. The van der Waals surface area contributed by atoms with E-state index < -0.39 is 22.1 Å². The van der Waals surface area contributed by atoms with E-state index in [0.29, 0.717) is 12.1 Å². The van der Waals surface area contributed by atoms with Crippen LogP contribution in [0.4, 0.5) is 10.5 Å². The van der Waals surface area contributed by atoms with Crippen LogP contribution in [0.5, 0.6) is 0 Å². The summed E-state index contributed by atoms with van der Waals surface area (Å²) in [6.07, 6.45) is 0.576. The quantitative estimate of drug-likeness (QED) is 0.839. The van der Waals surface area contributed by atoms with Crippen LogP contribution in [0, 0.1) is 5.92 Å².